The minimum absolute atomic E-state index is 0.0672. The summed E-state index contributed by atoms with van der Waals surface area (Å²) in [6, 6.07) is 0. The molecule has 0 saturated carbocycles. The molecular formula is C7H6Br2NO3. The molecule has 1 heterocycles. The molecule has 1 rings (SSSR count). The van der Waals surface area contributed by atoms with Gasteiger partial charge in [0.05, 0.1) is 18.7 Å². The lowest BCUT2D eigenvalue weighted by Crippen LogP contribution is -2.29. The number of hydrogen-bond donors (Lipinski definition) is 0. The number of aromatic nitrogens is 1. The summed E-state index contributed by atoms with van der Waals surface area (Å²) in [5.41, 5.74) is 0. The van der Waals surface area contributed by atoms with Crippen molar-refractivity contribution >= 4 is 31.9 Å². The molecule has 0 fully saturated rings. The van der Waals surface area contributed by atoms with E-state index in [1.165, 1.54) is 14.2 Å². The average molecular weight is 312 g/mol. The summed E-state index contributed by atoms with van der Waals surface area (Å²) in [5, 5.41) is 11.2. The Labute approximate surface area is 92.3 Å². The third kappa shape index (κ3) is 1.88. The maximum atomic E-state index is 11.2. The zero-order chi connectivity index (χ0) is 10.0. The zero-order valence-electron chi connectivity index (χ0n) is 6.93. The van der Waals surface area contributed by atoms with Gasteiger partial charge in [-0.25, -0.2) is 0 Å². The highest BCUT2D eigenvalue weighted by Crippen LogP contribution is 2.36. The van der Waals surface area contributed by atoms with E-state index in [4.69, 9.17) is 9.47 Å². The number of halogens is 2. The lowest BCUT2D eigenvalue weighted by Gasteiger charge is -2.08. The zero-order valence-corrected chi connectivity index (χ0v) is 10.1. The predicted octanol–water partition coefficient (Wildman–Crippen LogP) is 1.66. The van der Waals surface area contributed by atoms with Gasteiger partial charge >= 0.3 is 12.1 Å². The maximum Gasteiger partial charge on any atom is 0.424 e. The van der Waals surface area contributed by atoms with Crippen molar-refractivity contribution in [3.8, 4) is 11.6 Å². The highest BCUT2D eigenvalue weighted by Gasteiger charge is 2.22. The molecule has 6 heteroatoms. The van der Waals surface area contributed by atoms with Crippen molar-refractivity contribution in [3.63, 3.8) is 0 Å². The molecule has 71 valence electrons. The van der Waals surface area contributed by atoms with Crippen LogP contribution in [0.4, 0.5) is 0 Å². The van der Waals surface area contributed by atoms with Gasteiger partial charge in [-0.15, -0.1) is 4.73 Å². The SMILES string of the molecule is COc1c(Br)c(Br)[c][n+]([O-])c1OC. The van der Waals surface area contributed by atoms with Crippen LogP contribution in [0.2, 0.25) is 0 Å². The van der Waals surface area contributed by atoms with Crippen LogP contribution in [-0.2, 0) is 0 Å². The second-order valence-electron chi connectivity index (χ2n) is 2.08. The standard InChI is InChI=1S/C7H6Br2NO3/c1-12-6-5(9)4(8)3-10(11)7(6)13-2/h1-2H3. The smallest absolute Gasteiger partial charge is 0.424 e. The number of ether oxygens (including phenoxy) is 2. The monoisotopic (exact) mass is 310 g/mol. The van der Waals surface area contributed by atoms with Crippen molar-refractivity contribution in [2.45, 2.75) is 0 Å². The van der Waals surface area contributed by atoms with Crippen LogP contribution in [0.1, 0.15) is 0 Å². The van der Waals surface area contributed by atoms with E-state index in [9.17, 15) is 5.21 Å². The van der Waals surface area contributed by atoms with Gasteiger partial charge in [0.2, 0.25) is 5.75 Å². The van der Waals surface area contributed by atoms with Crippen molar-refractivity contribution < 1.29 is 14.2 Å². The first-order chi connectivity index (χ1) is 6.11. The number of pyridine rings is 1. The number of rotatable bonds is 2. The van der Waals surface area contributed by atoms with Gasteiger partial charge in [-0.05, 0) is 31.9 Å². The van der Waals surface area contributed by atoms with Gasteiger partial charge in [0.15, 0.2) is 0 Å². The van der Waals surface area contributed by atoms with Crippen LogP contribution < -0.4 is 14.2 Å². The van der Waals surface area contributed by atoms with Crippen molar-refractivity contribution in [2.24, 2.45) is 0 Å². The fourth-order valence-corrected chi connectivity index (χ4v) is 1.59. The predicted molar refractivity (Wildman–Crippen MR) is 52.7 cm³/mol. The van der Waals surface area contributed by atoms with Crippen molar-refractivity contribution in [1.29, 1.82) is 0 Å². The van der Waals surface area contributed by atoms with Gasteiger partial charge in [0, 0.05) is 0 Å². The Hall–Kier alpha value is -0.490. The summed E-state index contributed by atoms with van der Waals surface area (Å²) < 4.78 is 11.4. The molecule has 0 amide bonds. The van der Waals surface area contributed by atoms with Crippen LogP contribution >= 0.6 is 31.9 Å². The molecule has 0 saturated heterocycles. The van der Waals surface area contributed by atoms with Crippen LogP contribution in [0.25, 0.3) is 0 Å². The van der Waals surface area contributed by atoms with E-state index in [0.717, 1.165) is 0 Å². The summed E-state index contributed by atoms with van der Waals surface area (Å²) >= 11 is 6.37. The van der Waals surface area contributed by atoms with Crippen LogP contribution in [0.3, 0.4) is 0 Å². The van der Waals surface area contributed by atoms with Crippen molar-refractivity contribution in [1.82, 2.24) is 0 Å². The van der Waals surface area contributed by atoms with Gasteiger partial charge in [0.1, 0.15) is 4.47 Å². The fourth-order valence-electron chi connectivity index (χ4n) is 0.827. The Morgan fingerprint density at radius 3 is 2.38 bits per heavy atom. The molecule has 13 heavy (non-hydrogen) atoms. The molecule has 0 spiro atoms. The summed E-state index contributed by atoms with van der Waals surface area (Å²) in [4.78, 5) is 0. The molecule has 4 nitrogen and oxygen atoms in total. The second kappa shape index (κ2) is 4.15. The topological polar surface area (TPSA) is 45.4 Å². The summed E-state index contributed by atoms with van der Waals surface area (Å²) in [6.07, 6.45) is 2.46. The lowest BCUT2D eigenvalue weighted by molar-refractivity contribution is -0.617. The first kappa shape index (κ1) is 10.6. The normalized spacial score (nSPS) is 9.85. The quantitative estimate of drug-likeness (QED) is 0.616. The highest BCUT2D eigenvalue weighted by molar-refractivity contribution is 9.13. The van der Waals surface area contributed by atoms with Crippen LogP contribution in [0.15, 0.2) is 8.95 Å². The van der Waals surface area contributed by atoms with E-state index in [1.807, 2.05) is 0 Å². The average Bonchev–Trinajstić information content (AvgIpc) is 2.10. The molecule has 1 aromatic rings. The van der Waals surface area contributed by atoms with Gasteiger partial charge in [-0.1, -0.05) is 0 Å². The summed E-state index contributed by atoms with van der Waals surface area (Å²) in [6.45, 7) is 0. The number of hydrogen-bond acceptors (Lipinski definition) is 3. The molecule has 0 unspecified atom stereocenters. The van der Waals surface area contributed by atoms with E-state index in [2.05, 4.69) is 38.1 Å². The molecule has 0 aliphatic heterocycles. The molecule has 0 aromatic carbocycles. The first-order valence-electron chi connectivity index (χ1n) is 3.23. The summed E-state index contributed by atoms with van der Waals surface area (Å²) in [7, 11) is 2.84. The van der Waals surface area contributed by atoms with Gasteiger partial charge in [0.25, 0.3) is 0 Å². The van der Waals surface area contributed by atoms with Crippen LogP contribution in [-0.4, -0.2) is 14.2 Å². The minimum Gasteiger partial charge on any atom is -0.615 e. The second-order valence-corrected chi connectivity index (χ2v) is 3.66. The molecular weight excluding hydrogens is 306 g/mol. The summed E-state index contributed by atoms with van der Waals surface area (Å²) in [5.74, 6) is 0.403. The third-order valence-electron chi connectivity index (χ3n) is 1.37. The highest BCUT2D eigenvalue weighted by atomic mass is 79.9. The molecule has 1 radical (unpaired) electrons. The number of nitrogens with zero attached hydrogens (tertiary/aromatic N) is 1. The van der Waals surface area contributed by atoms with Gasteiger partial charge in [-0.3, -0.25) is 0 Å². The van der Waals surface area contributed by atoms with E-state index in [-0.39, 0.29) is 5.88 Å². The van der Waals surface area contributed by atoms with E-state index < -0.39 is 0 Å². The van der Waals surface area contributed by atoms with E-state index in [1.54, 1.807) is 0 Å². The third-order valence-corrected chi connectivity index (χ3v) is 3.23. The largest absolute Gasteiger partial charge is 0.615 e. The van der Waals surface area contributed by atoms with Crippen molar-refractivity contribution in [2.75, 3.05) is 14.2 Å². The molecule has 1 aromatic heterocycles. The van der Waals surface area contributed by atoms with Gasteiger partial charge < -0.3 is 14.7 Å². The molecule has 0 bridgehead atoms. The Morgan fingerprint density at radius 1 is 1.31 bits per heavy atom. The Bertz CT molecular complexity index is 330. The molecule has 0 atom stereocenters. The van der Waals surface area contributed by atoms with E-state index in [0.29, 0.717) is 19.4 Å². The van der Waals surface area contributed by atoms with Gasteiger partial charge in [-0.2, -0.15) is 0 Å². The van der Waals surface area contributed by atoms with Crippen LogP contribution in [0.5, 0.6) is 11.6 Å². The lowest BCUT2D eigenvalue weighted by atomic mass is 10.4. The Balaban J connectivity index is 3.41. The fraction of sp³-hybridized carbons (Fsp3) is 0.286. The Kier molecular flexibility index (Phi) is 3.38. The molecule has 0 aliphatic rings. The number of methoxy groups -OCH3 is 2. The van der Waals surface area contributed by atoms with Crippen LogP contribution in [0, 0.1) is 11.4 Å². The Morgan fingerprint density at radius 2 is 1.92 bits per heavy atom. The molecule has 0 N–H and O–H groups in total. The first-order valence-corrected chi connectivity index (χ1v) is 4.82. The van der Waals surface area contributed by atoms with E-state index >= 15 is 0 Å². The van der Waals surface area contributed by atoms with Crippen molar-refractivity contribution in [3.05, 3.63) is 20.3 Å². The molecule has 0 aliphatic carbocycles. The minimum atomic E-state index is 0.0672. The maximum absolute atomic E-state index is 11.2.